The molecule has 2 fully saturated rings. The average Bonchev–Trinajstić information content (AvgIpc) is 3.28. The van der Waals surface area contributed by atoms with E-state index in [2.05, 4.69) is 21.8 Å². The minimum atomic E-state index is -3.94. The van der Waals surface area contributed by atoms with E-state index < -0.39 is 15.8 Å². The molecule has 1 aromatic carbocycles. The van der Waals surface area contributed by atoms with Crippen LogP contribution >= 0.6 is 0 Å². The number of sulfonamides is 1. The summed E-state index contributed by atoms with van der Waals surface area (Å²) in [6.45, 7) is 3.97. The van der Waals surface area contributed by atoms with Gasteiger partial charge in [0.2, 0.25) is 16.0 Å². The fourth-order valence-electron chi connectivity index (χ4n) is 5.18. The third-order valence-electron chi connectivity index (χ3n) is 7.35. The number of aromatic nitrogens is 3. The predicted molar refractivity (Wildman–Crippen MR) is 141 cm³/mol. The number of nitrogens with one attached hydrogen (secondary N) is 1. The van der Waals surface area contributed by atoms with Crippen molar-refractivity contribution in [1.82, 2.24) is 18.8 Å². The number of halogens is 1. The van der Waals surface area contributed by atoms with Crippen LogP contribution in [0.5, 0.6) is 0 Å². The van der Waals surface area contributed by atoms with Crippen LogP contribution in [0.4, 0.5) is 10.3 Å². The SMILES string of the molecule is CCCCNc1ncc2c(-c3ccc(S(=O)(=O)N4CCOCC4)c(F)c3)cn([C@H]3CC[C@H](N)CC3)c2n1. The first-order valence-corrected chi connectivity index (χ1v) is 14.6. The quantitative estimate of drug-likeness (QED) is 0.424. The van der Waals surface area contributed by atoms with E-state index in [1.165, 1.54) is 16.4 Å². The summed E-state index contributed by atoms with van der Waals surface area (Å²) in [5.74, 6) is -0.204. The molecule has 200 valence electrons. The van der Waals surface area contributed by atoms with Crippen LogP contribution in [0.2, 0.25) is 0 Å². The van der Waals surface area contributed by atoms with Gasteiger partial charge in [-0.3, -0.25) is 0 Å². The molecule has 0 amide bonds. The van der Waals surface area contributed by atoms with Crippen molar-refractivity contribution in [3.8, 4) is 11.1 Å². The molecular weight excluding hydrogens is 495 g/mol. The summed E-state index contributed by atoms with van der Waals surface area (Å²) in [6, 6.07) is 4.78. The summed E-state index contributed by atoms with van der Waals surface area (Å²) >= 11 is 0. The molecule has 9 nitrogen and oxygen atoms in total. The van der Waals surface area contributed by atoms with Crippen molar-refractivity contribution in [3.63, 3.8) is 0 Å². The van der Waals surface area contributed by atoms with E-state index in [9.17, 15) is 8.42 Å². The van der Waals surface area contributed by atoms with Crippen LogP contribution in [0.3, 0.4) is 0 Å². The summed E-state index contributed by atoms with van der Waals surface area (Å²) in [5.41, 5.74) is 8.30. The monoisotopic (exact) mass is 530 g/mol. The second-order valence-electron chi connectivity index (χ2n) is 9.89. The molecule has 0 spiro atoms. The molecule has 11 heteroatoms. The normalized spacial score (nSPS) is 21.4. The number of ether oxygens (including phenoxy) is 1. The lowest BCUT2D eigenvalue weighted by Gasteiger charge is -2.27. The zero-order chi connectivity index (χ0) is 26.0. The molecule has 2 aromatic heterocycles. The highest BCUT2D eigenvalue weighted by Gasteiger charge is 2.30. The number of morpholine rings is 1. The smallest absolute Gasteiger partial charge is 0.246 e. The number of nitrogens with zero attached hydrogens (tertiary/aromatic N) is 4. The maximum Gasteiger partial charge on any atom is 0.246 e. The predicted octanol–water partition coefficient (Wildman–Crippen LogP) is 3.91. The van der Waals surface area contributed by atoms with Gasteiger partial charge < -0.3 is 20.4 Å². The minimum Gasteiger partial charge on any atom is -0.379 e. The second kappa shape index (κ2) is 11.0. The van der Waals surface area contributed by atoms with Gasteiger partial charge in [0.1, 0.15) is 16.4 Å². The number of benzene rings is 1. The highest BCUT2D eigenvalue weighted by Crippen LogP contribution is 2.37. The van der Waals surface area contributed by atoms with Crippen molar-refractivity contribution in [2.24, 2.45) is 5.73 Å². The number of fused-ring (bicyclic) bond motifs is 1. The average molecular weight is 531 g/mol. The van der Waals surface area contributed by atoms with Gasteiger partial charge in [-0.25, -0.2) is 17.8 Å². The molecule has 1 saturated carbocycles. The van der Waals surface area contributed by atoms with Gasteiger partial charge in [0.05, 0.1) is 13.2 Å². The Morgan fingerprint density at radius 3 is 2.65 bits per heavy atom. The van der Waals surface area contributed by atoms with E-state index in [1.54, 1.807) is 12.3 Å². The molecule has 37 heavy (non-hydrogen) atoms. The van der Waals surface area contributed by atoms with E-state index >= 15 is 4.39 Å². The Kier molecular flexibility index (Phi) is 7.75. The minimum absolute atomic E-state index is 0.216. The summed E-state index contributed by atoms with van der Waals surface area (Å²) < 4.78 is 50.1. The van der Waals surface area contributed by atoms with Gasteiger partial charge >= 0.3 is 0 Å². The molecule has 1 saturated heterocycles. The van der Waals surface area contributed by atoms with Crippen LogP contribution in [-0.4, -0.2) is 66.1 Å². The number of anilines is 1. The lowest BCUT2D eigenvalue weighted by molar-refractivity contribution is 0.0729. The summed E-state index contributed by atoms with van der Waals surface area (Å²) in [7, 11) is -3.94. The molecule has 0 atom stereocenters. The summed E-state index contributed by atoms with van der Waals surface area (Å²) in [5, 5.41) is 4.10. The van der Waals surface area contributed by atoms with E-state index in [0.29, 0.717) is 24.7 Å². The van der Waals surface area contributed by atoms with E-state index in [-0.39, 0.29) is 30.1 Å². The van der Waals surface area contributed by atoms with Gasteiger partial charge in [-0.15, -0.1) is 0 Å². The summed E-state index contributed by atoms with van der Waals surface area (Å²) in [4.78, 5) is 9.02. The molecule has 3 aromatic rings. The molecule has 0 radical (unpaired) electrons. The molecule has 0 bridgehead atoms. The number of hydrogen-bond donors (Lipinski definition) is 2. The number of nitrogens with two attached hydrogens (primary N) is 1. The second-order valence-corrected chi connectivity index (χ2v) is 11.8. The van der Waals surface area contributed by atoms with Crippen molar-refractivity contribution >= 4 is 27.0 Å². The molecule has 1 aliphatic heterocycles. The number of rotatable bonds is 8. The van der Waals surface area contributed by atoms with Crippen LogP contribution in [0, 0.1) is 5.82 Å². The first-order chi connectivity index (χ1) is 17.9. The molecule has 5 rings (SSSR count). The van der Waals surface area contributed by atoms with Gasteiger partial charge in [-0.05, 0) is 49.8 Å². The third-order valence-corrected chi connectivity index (χ3v) is 9.28. The van der Waals surface area contributed by atoms with Gasteiger partial charge in [0.15, 0.2) is 0 Å². The number of unbranched alkanes of at least 4 members (excludes halogenated alkanes) is 1. The Morgan fingerprint density at radius 1 is 1.19 bits per heavy atom. The van der Waals surface area contributed by atoms with Crippen molar-refractivity contribution < 1.29 is 17.5 Å². The Labute approximate surface area is 217 Å². The fourth-order valence-corrected chi connectivity index (χ4v) is 6.64. The first kappa shape index (κ1) is 26.0. The highest BCUT2D eigenvalue weighted by molar-refractivity contribution is 7.89. The Bertz CT molecular complexity index is 1350. The van der Waals surface area contributed by atoms with E-state index in [1.807, 2.05) is 6.20 Å². The molecule has 1 aliphatic carbocycles. The maximum absolute atomic E-state index is 15.3. The Balaban J connectivity index is 1.53. The third kappa shape index (κ3) is 5.36. The van der Waals surface area contributed by atoms with Crippen molar-refractivity contribution in [2.75, 3.05) is 38.2 Å². The lowest BCUT2D eigenvalue weighted by atomic mass is 9.92. The summed E-state index contributed by atoms with van der Waals surface area (Å²) in [6.07, 6.45) is 9.63. The van der Waals surface area contributed by atoms with E-state index in [0.717, 1.165) is 61.7 Å². The van der Waals surface area contributed by atoms with Crippen molar-refractivity contribution in [2.45, 2.75) is 62.4 Å². The lowest BCUT2D eigenvalue weighted by Crippen LogP contribution is -2.40. The topological polar surface area (TPSA) is 115 Å². The van der Waals surface area contributed by atoms with Crippen molar-refractivity contribution in [1.29, 1.82) is 0 Å². The molecule has 0 unspecified atom stereocenters. The Hall–Kier alpha value is -2.60. The standard InChI is InChI=1S/C26H35FN6O3S/c1-2-3-10-29-26-30-16-21-22(17-33(25(21)31-26)20-7-5-19(28)6-8-20)18-4-9-24(23(27)15-18)37(34,35)32-11-13-36-14-12-32/h4,9,15-17,19-20H,2-3,5-8,10-14,28H2,1H3,(H,29,30,31)/t19-,20-. The Morgan fingerprint density at radius 2 is 1.95 bits per heavy atom. The van der Waals surface area contributed by atoms with Crippen LogP contribution in [-0.2, 0) is 14.8 Å². The molecule has 3 N–H and O–H groups in total. The zero-order valence-electron chi connectivity index (χ0n) is 21.2. The molecule has 2 aliphatic rings. The van der Waals surface area contributed by atoms with E-state index in [4.69, 9.17) is 15.5 Å². The van der Waals surface area contributed by atoms with Gasteiger partial charge in [-0.2, -0.15) is 9.29 Å². The first-order valence-electron chi connectivity index (χ1n) is 13.1. The fraction of sp³-hybridized carbons (Fsp3) is 0.538. The van der Waals surface area contributed by atoms with Gasteiger partial charge in [0.25, 0.3) is 0 Å². The van der Waals surface area contributed by atoms with Crippen LogP contribution < -0.4 is 11.1 Å². The van der Waals surface area contributed by atoms with Gasteiger partial charge in [-0.1, -0.05) is 19.4 Å². The molecule has 3 heterocycles. The van der Waals surface area contributed by atoms with Crippen molar-refractivity contribution in [3.05, 3.63) is 36.4 Å². The maximum atomic E-state index is 15.3. The highest BCUT2D eigenvalue weighted by atomic mass is 32.2. The van der Waals surface area contributed by atoms with Crippen LogP contribution in [0.1, 0.15) is 51.5 Å². The largest absolute Gasteiger partial charge is 0.379 e. The van der Waals surface area contributed by atoms with Crippen LogP contribution in [0.25, 0.3) is 22.2 Å². The molecular formula is C26H35FN6O3S. The van der Waals surface area contributed by atoms with Crippen LogP contribution in [0.15, 0.2) is 35.5 Å². The van der Waals surface area contributed by atoms with Gasteiger partial charge in [0, 0.05) is 55.1 Å². The number of hydrogen-bond acceptors (Lipinski definition) is 7. The zero-order valence-corrected chi connectivity index (χ0v) is 22.0.